The van der Waals surface area contributed by atoms with Crippen LogP contribution in [-0.2, 0) is 34.4 Å². The normalized spacial score (nSPS) is 21.6. The Morgan fingerprint density at radius 1 is 1.06 bits per heavy atom. The molecular formula is C32H34Cl2F3N3O7S. The van der Waals surface area contributed by atoms with Crippen molar-refractivity contribution in [1.29, 1.82) is 0 Å². The Balaban J connectivity index is 1.42. The molecule has 2 aromatic rings. The predicted octanol–water partition coefficient (Wildman–Crippen LogP) is 4.54. The quantitative estimate of drug-likeness (QED) is 0.306. The third-order valence-corrected chi connectivity index (χ3v) is 11.8. The highest BCUT2D eigenvalue weighted by molar-refractivity contribution is 7.92. The van der Waals surface area contributed by atoms with Gasteiger partial charge in [0.25, 0.3) is 5.91 Å². The maximum Gasteiger partial charge on any atom is 0.425 e. The Bertz CT molecular complexity index is 1710. The summed E-state index contributed by atoms with van der Waals surface area (Å²) in [5, 5.41) is 3.86. The van der Waals surface area contributed by atoms with Gasteiger partial charge in [-0.05, 0) is 75.3 Å². The molecular weight excluding hydrogens is 698 g/mol. The van der Waals surface area contributed by atoms with Gasteiger partial charge >= 0.3 is 6.18 Å². The summed E-state index contributed by atoms with van der Waals surface area (Å²) in [7, 11) is -4.37. The van der Waals surface area contributed by atoms with Gasteiger partial charge in [0.05, 0.1) is 26.6 Å². The van der Waals surface area contributed by atoms with Gasteiger partial charge in [0.15, 0.2) is 15.9 Å². The van der Waals surface area contributed by atoms with Crippen molar-refractivity contribution < 1.29 is 45.5 Å². The molecule has 48 heavy (non-hydrogen) atoms. The lowest BCUT2D eigenvalue weighted by atomic mass is 9.94. The van der Waals surface area contributed by atoms with Crippen LogP contribution in [-0.4, -0.2) is 79.0 Å². The van der Waals surface area contributed by atoms with Gasteiger partial charge in [-0.15, -0.1) is 0 Å². The first-order chi connectivity index (χ1) is 22.5. The molecule has 10 nitrogen and oxygen atoms in total. The highest BCUT2D eigenvalue weighted by atomic mass is 35.5. The summed E-state index contributed by atoms with van der Waals surface area (Å²) in [5.74, 6) is -3.28. The second-order valence-corrected chi connectivity index (χ2v) is 15.5. The van der Waals surface area contributed by atoms with Crippen LogP contribution < -0.4 is 15.4 Å². The third-order valence-electron chi connectivity index (χ3n) is 8.98. The van der Waals surface area contributed by atoms with Gasteiger partial charge in [0.2, 0.25) is 17.6 Å². The summed E-state index contributed by atoms with van der Waals surface area (Å²) in [4.78, 5) is 54.1. The van der Waals surface area contributed by atoms with Gasteiger partial charge in [-0.1, -0.05) is 42.3 Å². The maximum absolute atomic E-state index is 14.2. The van der Waals surface area contributed by atoms with E-state index in [0.29, 0.717) is 23.4 Å². The van der Waals surface area contributed by atoms with Crippen molar-refractivity contribution in [2.24, 2.45) is 0 Å². The van der Waals surface area contributed by atoms with Crippen molar-refractivity contribution in [3.63, 3.8) is 0 Å². The molecule has 16 heteroatoms. The number of ketones is 1. The summed E-state index contributed by atoms with van der Waals surface area (Å²) in [6.07, 6.45) is -4.77. The number of amides is 3. The van der Waals surface area contributed by atoms with E-state index in [1.165, 1.54) is 4.90 Å². The molecule has 260 valence electrons. The van der Waals surface area contributed by atoms with E-state index in [1.54, 1.807) is 31.2 Å². The van der Waals surface area contributed by atoms with E-state index in [2.05, 4.69) is 10.6 Å². The van der Waals surface area contributed by atoms with E-state index in [-0.39, 0.29) is 24.6 Å². The lowest BCUT2D eigenvalue weighted by Crippen LogP contribution is -2.54. The predicted molar refractivity (Wildman–Crippen MR) is 169 cm³/mol. The molecule has 1 heterocycles. The number of nitrogens with zero attached hydrogens (tertiary/aromatic N) is 1. The molecule has 1 unspecified atom stereocenters. The monoisotopic (exact) mass is 731 g/mol. The Hall–Kier alpha value is -3.36. The van der Waals surface area contributed by atoms with Gasteiger partial charge in [-0.25, -0.2) is 8.42 Å². The lowest BCUT2D eigenvalue weighted by molar-refractivity contribution is -0.189. The number of alkyl halides is 3. The summed E-state index contributed by atoms with van der Waals surface area (Å²) in [6, 6.07) is 7.04. The van der Waals surface area contributed by atoms with Crippen LogP contribution in [0.1, 0.15) is 57.9 Å². The first-order valence-electron chi connectivity index (χ1n) is 15.5. The fourth-order valence-electron chi connectivity index (χ4n) is 5.79. The second kappa shape index (κ2) is 13.5. The Morgan fingerprint density at radius 2 is 1.71 bits per heavy atom. The molecule has 4 atom stereocenters. The number of Topliss-reactive ketones (excluding diaryl/α,β-unsaturated/α-hetero) is 1. The molecule has 3 amide bonds. The van der Waals surface area contributed by atoms with E-state index < -0.39 is 84.8 Å². The van der Waals surface area contributed by atoms with Crippen LogP contribution in [0.4, 0.5) is 13.2 Å². The lowest BCUT2D eigenvalue weighted by Gasteiger charge is -2.29. The molecule has 5 rings (SSSR count). The SMILES string of the molecule is CC[C@H](NC(=O)[C@@H]1C[C@@H](S(=O)(=O)c2ccc(OC(C)C(F)(F)F)cc2Cl)CN1C(=O)C1(c2ccc(Cl)cc2)CC1)C(=O)C(=O)NC1CC1. The largest absolute Gasteiger partial charge is 0.481 e. The molecule has 0 radical (unpaired) electrons. The van der Waals surface area contributed by atoms with E-state index in [4.69, 9.17) is 27.9 Å². The van der Waals surface area contributed by atoms with Crippen molar-refractivity contribution in [3.05, 3.63) is 58.1 Å². The number of carbonyl (C=O) groups is 4. The maximum atomic E-state index is 14.2. The van der Waals surface area contributed by atoms with Crippen molar-refractivity contribution in [3.8, 4) is 5.75 Å². The minimum atomic E-state index is -4.67. The van der Waals surface area contributed by atoms with Gasteiger partial charge in [0, 0.05) is 23.7 Å². The van der Waals surface area contributed by atoms with Gasteiger partial charge in [0.1, 0.15) is 11.8 Å². The average molecular weight is 733 g/mol. The molecule has 1 aliphatic heterocycles. The van der Waals surface area contributed by atoms with Crippen LogP contribution in [0.25, 0.3) is 0 Å². The molecule has 3 fully saturated rings. The smallest absolute Gasteiger partial charge is 0.425 e. The molecule has 2 aromatic carbocycles. The number of benzene rings is 2. The van der Waals surface area contributed by atoms with Crippen molar-refractivity contribution in [2.45, 2.75) is 98.3 Å². The topological polar surface area (TPSA) is 139 Å². The summed E-state index contributed by atoms with van der Waals surface area (Å²) < 4.78 is 71.8. The molecule has 0 spiro atoms. The number of hydrogen-bond acceptors (Lipinski definition) is 7. The van der Waals surface area contributed by atoms with Crippen molar-refractivity contribution in [1.82, 2.24) is 15.5 Å². The third kappa shape index (κ3) is 7.45. The number of sulfone groups is 1. The van der Waals surface area contributed by atoms with Crippen LogP contribution in [0.15, 0.2) is 47.4 Å². The number of likely N-dealkylation sites (tertiary alicyclic amines) is 1. The van der Waals surface area contributed by atoms with Gasteiger partial charge in [-0.2, -0.15) is 13.2 Å². The number of carbonyl (C=O) groups excluding carboxylic acids is 4. The van der Waals surface area contributed by atoms with E-state index in [1.807, 2.05) is 0 Å². The molecule has 3 aliphatic rings. The summed E-state index contributed by atoms with van der Waals surface area (Å²) >= 11 is 12.3. The Labute approximate surface area is 285 Å². The number of rotatable bonds is 12. The highest BCUT2D eigenvalue weighted by Crippen LogP contribution is 2.51. The Kier molecular flexibility index (Phi) is 10.1. The number of halogens is 5. The van der Waals surface area contributed by atoms with Crippen molar-refractivity contribution in [2.75, 3.05) is 6.54 Å². The zero-order valence-corrected chi connectivity index (χ0v) is 28.3. The Morgan fingerprint density at radius 3 is 2.25 bits per heavy atom. The van der Waals surface area contributed by atoms with Crippen LogP contribution in [0, 0.1) is 0 Å². The molecule has 2 aliphatic carbocycles. The molecule has 0 aromatic heterocycles. The molecule has 0 bridgehead atoms. The fourth-order valence-corrected chi connectivity index (χ4v) is 8.15. The molecule has 1 saturated heterocycles. The number of nitrogens with one attached hydrogen (secondary N) is 2. The first kappa shape index (κ1) is 35.9. The average Bonchev–Trinajstić information content (AvgIpc) is 3.96. The minimum Gasteiger partial charge on any atom is -0.481 e. The summed E-state index contributed by atoms with van der Waals surface area (Å²) in [5.41, 5.74) is -0.370. The number of hydrogen-bond donors (Lipinski definition) is 2. The first-order valence-corrected chi connectivity index (χ1v) is 17.8. The molecule has 2 saturated carbocycles. The second-order valence-electron chi connectivity index (χ2n) is 12.4. The zero-order valence-electron chi connectivity index (χ0n) is 26.0. The van der Waals surface area contributed by atoms with Crippen LogP contribution in [0.2, 0.25) is 10.0 Å². The molecule has 2 N–H and O–H groups in total. The number of ether oxygens (including phenoxy) is 1. The van der Waals surface area contributed by atoms with E-state index >= 15 is 0 Å². The minimum absolute atomic E-state index is 0.0662. The van der Waals surface area contributed by atoms with Gasteiger partial charge in [-0.3, -0.25) is 19.2 Å². The fraction of sp³-hybridized carbons (Fsp3) is 0.500. The zero-order chi connectivity index (χ0) is 35.2. The standard InChI is InChI=1S/C32H34Cl2F3N3O7S/c1-3-24(27(41)29(43)38-20-8-9-20)39-28(42)25-15-22(16-40(25)30(44)31(12-13-31)18-4-6-19(33)7-5-18)48(45,46)26-11-10-21(14-23(26)34)47-17(2)32(35,36)37/h4-7,10-11,14,17,20,22,24-25H,3,8-9,12-13,15-16H2,1-2H3,(H,38,43)(H,39,42)/t17?,22-,24+,25+/m1/s1. The highest BCUT2D eigenvalue weighted by Gasteiger charge is 2.57. The van der Waals surface area contributed by atoms with E-state index in [9.17, 15) is 40.8 Å². The van der Waals surface area contributed by atoms with Crippen LogP contribution in [0.3, 0.4) is 0 Å². The van der Waals surface area contributed by atoms with Crippen molar-refractivity contribution >= 4 is 56.5 Å². The summed E-state index contributed by atoms with van der Waals surface area (Å²) in [6.45, 7) is 1.99. The van der Waals surface area contributed by atoms with E-state index in [0.717, 1.165) is 38.0 Å². The van der Waals surface area contributed by atoms with Crippen LogP contribution >= 0.6 is 23.2 Å². The van der Waals surface area contributed by atoms with Crippen LogP contribution in [0.5, 0.6) is 5.75 Å². The van der Waals surface area contributed by atoms with Gasteiger partial charge < -0.3 is 20.3 Å².